The monoisotopic (exact) mass is 224 g/mol. The second-order valence-electron chi connectivity index (χ2n) is 3.54. The van der Waals surface area contributed by atoms with E-state index in [0.717, 1.165) is 0 Å². The standard InChI is InChI=1S/C11H19BNOS/c1-5-8(3)10(7-9(15)6-2)11(14)13-12-4/h5-6,8-10,15H,1-2,7H2,3-4H3,(H,13,14). The molecule has 1 N–H and O–H groups in total. The number of rotatable bonds is 7. The molecule has 0 saturated heterocycles. The second kappa shape index (κ2) is 7.63. The molecule has 0 fully saturated rings. The van der Waals surface area contributed by atoms with Crippen LogP contribution in [0.4, 0.5) is 0 Å². The summed E-state index contributed by atoms with van der Waals surface area (Å²) >= 11 is 4.32. The van der Waals surface area contributed by atoms with E-state index < -0.39 is 0 Å². The Kier molecular flexibility index (Phi) is 7.31. The zero-order chi connectivity index (χ0) is 11.8. The van der Waals surface area contributed by atoms with Crippen LogP contribution in [0, 0.1) is 11.8 Å². The van der Waals surface area contributed by atoms with Crippen LogP contribution in [0.25, 0.3) is 0 Å². The predicted octanol–water partition coefficient (Wildman–Crippen LogP) is 2.08. The molecule has 83 valence electrons. The van der Waals surface area contributed by atoms with Crippen LogP contribution in [0.5, 0.6) is 0 Å². The van der Waals surface area contributed by atoms with Gasteiger partial charge in [0.1, 0.15) is 0 Å². The lowest BCUT2D eigenvalue weighted by molar-refractivity contribution is -0.124. The molecule has 0 aliphatic rings. The van der Waals surface area contributed by atoms with Gasteiger partial charge in [0.2, 0.25) is 13.3 Å². The van der Waals surface area contributed by atoms with Gasteiger partial charge in [-0.3, -0.25) is 4.79 Å². The van der Waals surface area contributed by atoms with E-state index in [1.54, 1.807) is 26.4 Å². The summed E-state index contributed by atoms with van der Waals surface area (Å²) in [5.74, 6) is 0.0598. The van der Waals surface area contributed by atoms with E-state index in [9.17, 15) is 4.79 Å². The zero-order valence-corrected chi connectivity index (χ0v) is 10.3. The third kappa shape index (κ3) is 5.12. The molecule has 0 aromatic rings. The summed E-state index contributed by atoms with van der Waals surface area (Å²) in [6, 6.07) is 0. The number of hydrogen-bond acceptors (Lipinski definition) is 2. The van der Waals surface area contributed by atoms with Crippen LogP contribution in [0.1, 0.15) is 13.3 Å². The van der Waals surface area contributed by atoms with Gasteiger partial charge in [0.05, 0.1) is 0 Å². The molecule has 1 radical (unpaired) electrons. The largest absolute Gasteiger partial charge is 0.403 e. The van der Waals surface area contributed by atoms with Crippen molar-refractivity contribution in [1.29, 1.82) is 0 Å². The van der Waals surface area contributed by atoms with Crippen molar-refractivity contribution in [2.75, 3.05) is 0 Å². The number of carbonyl (C=O) groups is 1. The number of allylic oxidation sites excluding steroid dienone is 1. The minimum atomic E-state index is -0.0980. The fourth-order valence-electron chi connectivity index (χ4n) is 1.33. The first kappa shape index (κ1) is 14.4. The van der Waals surface area contributed by atoms with Crippen molar-refractivity contribution >= 4 is 26.0 Å². The van der Waals surface area contributed by atoms with Crippen molar-refractivity contribution in [2.24, 2.45) is 11.8 Å². The van der Waals surface area contributed by atoms with E-state index in [4.69, 9.17) is 0 Å². The van der Waals surface area contributed by atoms with E-state index in [1.165, 1.54) is 0 Å². The Bertz CT molecular complexity index is 233. The highest BCUT2D eigenvalue weighted by atomic mass is 32.1. The minimum absolute atomic E-state index is 0.0193. The lowest BCUT2D eigenvalue weighted by atomic mass is 9.86. The molecular formula is C11H19BNOS. The van der Waals surface area contributed by atoms with Gasteiger partial charge in [-0.15, -0.1) is 13.2 Å². The molecular weight excluding hydrogens is 205 g/mol. The average molecular weight is 224 g/mol. The summed E-state index contributed by atoms with van der Waals surface area (Å²) in [5.41, 5.74) is 0. The summed E-state index contributed by atoms with van der Waals surface area (Å²) in [6.07, 6.45) is 4.22. The molecule has 4 heteroatoms. The van der Waals surface area contributed by atoms with E-state index in [1.807, 2.05) is 6.92 Å². The Balaban J connectivity index is 4.49. The summed E-state index contributed by atoms with van der Waals surface area (Å²) in [5, 5.41) is 2.75. The maximum atomic E-state index is 11.7. The number of nitrogens with one attached hydrogen (secondary N) is 1. The molecule has 0 aliphatic carbocycles. The number of amides is 1. The Morgan fingerprint density at radius 3 is 2.53 bits per heavy atom. The molecule has 2 nitrogen and oxygen atoms in total. The van der Waals surface area contributed by atoms with Gasteiger partial charge in [0.15, 0.2) is 0 Å². The summed E-state index contributed by atoms with van der Waals surface area (Å²) in [6.45, 7) is 11.2. The Labute approximate surface area is 98.9 Å². The van der Waals surface area contributed by atoms with Gasteiger partial charge >= 0.3 is 0 Å². The molecule has 0 heterocycles. The van der Waals surface area contributed by atoms with Gasteiger partial charge in [0, 0.05) is 11.2 Å². The van der Waals surface area contributed by atoms with Crippen LogP contribution in [0.2, 0.25) is 6.82 Å². The van der Waals surface area contributed by atoms with Crippen LogP contribution in [-0.4, -0.2) is 18.6 Å². The summed E-state index contributed by atoms with van der Waals surface area (Å²) < 4.78 is 0. The Hall–Kier alpha value is -0.635. The van der Waals surface area contributed by atoms with Crippen molar-refractivity contribution in [3.05, 3.63) is 25.3 Å². The maximum absolute atomic E-state index is 11.7. The van der Waals surface area contributed by atoms with Crippen molar-refractivity contribution in [1.82, 2.24) is 5.23 Å². The summed E-state index contributed by atoms with van der Waals surface area (Å²) in [4.78, 5) is 11.7. The van der Waals surface area contributed by atoms with Crippen molar-refractivity contribution < 1.29 is 4.79 Å². The maximum Gasteiger partial charge on any atom is 0.242 e. The molecule has 0 aromatic carbocycles. The van der Waals surface area contributed by atoms with Crippen LogP contribution >= 0.6 is 12.6 Å². The van der Waals surface area contributed by atoms with E-state index in [-0.39, 0.29) is 23.0 Å². The number of hydrogen-bond donors (Lipinski definition) is 2. The first-order chi connectivity index (χ1) is 7.06. The SMILES string of the molecule is C=CC(S)CC(C(=O)N[B]C)C(C)C=C. The van der Waals surface area contributed by atoms with E-state index in [0.29, 0.717) is 6.42 Å². The molecule has 0 saturated carbocycles. The van der Waals surface area contributed by atoms with Gasteiger partial charge in [0.25, 0.3) is 0 Å². The fourth-order valence-corrected chi connectivity index (χ4v) is 1.56. The first-order valence-electron chi connectivity index (χ1n) is 5.08. The average Bonchev–Trinajstić information content (AvgIpc) is 2.24. The molecule has 15 heavy (non-hydrogen) atoms. The number of carbonyl (C=O) groups excluding carboxylic acids is 1. The Morgan fingerprint density at radius 1 is 1.53 bits per heavy atom. The molecule has 0 aromatic heterocycles. The van der Waals surface area contributed by atoms with Crippen molar-refractivity contribution in [3.63, 3.8) is 0 Å². The van der Waals surface area contributed by atoms with Crippen molar-refractivity contribution in [2.45, 2.75) is 25.4 Å². The minimum Gasteiger partial charge on any atom is -0.403 e. The molecule has 0 spiro atoms. The third-order valence-electron chi connectivity index (χ3n) is 2.40. The zero-order valence-electron chi connectivity index (χ0n) is 9.44. The van der Waals surface area contributed by atoms with Crippen LogP contribution in [-0.2, 0) is 4.79 Å². The predicted molar refractivity (Wildman–Crippen MR) is 70.2 cm³/mol. The lowest BCUT2D eigenvalue weighted by Crippen LogP contribution is -2.36. The van der Waals surface area contributed by atoms with E-state index in [2.05, 4.69) is 31.0 Å². The van der Waals surface area contributed by atoms with E-state index >= 15 is 0 Å². The first-order valence-corrected chi connectivity index (χ1v) is 5.59. The topological polar surface area (TPSA) is 29.1 Å². The van der Waals surface area contributed by atoms with Crippen LogP contribution < -0.4 is 5.23 Å². The smallest absolute Gasteiger partial charge is 0.242 e. The normalized spacial score (nSPS) is 15.9. The molecule has 3 atom stereocenters. The van der Waals surface area contributed by atoms with Crippen LogP contribution in [0.3, 0.4) is 0 Å². The molecule has 1 amide bonds. The van der Waals surface area contributed by atoms with Gasteiger partial charge < -0.3 is 5.23 Å². The van der Waals surface area contributed by atoms with Gasteiger partial charge in [-0.05, 0) is 12.3 Å². The molecule has 0 rings (SSSR count). The van der Waals surface area contributed by atoms with Crippen LogP contribution in [0.15, 0.2) is 25.3 Å². The fraction of sp³-hybridized carbons (Fsp3) is 0.545. The van der Waals surface area contributed by atoms with Crippen molar-refractivity contribution in [3.8, 4) is 0 Å². The quantitative estimate of drug-likeness (QED) is 0.387. The number of thiol groups is 1. The van der Waals surface area contributed by atoms with Gasteiger partial charge in [-0.1, -0.05) is 25.9 Å². The molecule has 0 aliphatic heterocycles. The highest BCUT2D eigenvalue weighted by Gasteiger charge is 2.23. The molecule has 3 unspecified atom stereocenters. The highest BCUT2D eigenvalue weighted by Crippen LogP contribution is 2.21. The second-order valence-corrected chi connectivity index (χ2v) is 4.20. The lowest BCUT2D eigenvalue weighted by Gasteiger charge is -2.22. The Morgan fingerprint density at radius 2 is 2.13 bits per heavy atom. The van der Waals surface area contributed by atoms with Gasteiger partial charge in [-0.25, -0.2) is 0 Å². The summed E-state index contributed by atoms with van der Waals surface area (Å²) in [7, 11) is 1.65. The highest BCUT2D eigenvalue weighted by molar-refractivity contribution is 7.81. The molecule has 0 bridgehead atoms. The third-order valence-corrected chi connectivity index (χ3v) is 2.82. The van der Waals surface area contributed by atoms with Gasteiger partial charge in [-0.2, -0.15) is 12.6 Å².